The molecule has 4 aromatic rings. The monoisotopic (exact) mass is 375 g/mol. The largest absolute Gasteiger partial charge is 0.478 e. The second kappa shape index (κ2) is 7.05. The van der Waals surface area contributed by atoms with Crippen LogP contribution in [0.25, 0.3) is 28.1 Å². The van der Waals surface area contributed by atoms with Crippen molar-refractivity contribution < 1.29 is 9.90 Å². The Morgan fingerprint density at radius 2 is 1.70 bits per heavy atom. The molecule has 0 unspecified atom stereocenters. The molecule has 4 rings (SSSR count). The Bertz CT molecular complexity index is 1110. The maximum Gasteiger partial charge on any atom is 0.337 e. The zero-order valence-electron chi connectivity index (χ0n) is 14.1. The predicted octanol–water partition coefficient (Wildman–Crippen LogP) is 4.95. The minimum absolute atomic E-state index is 0.0577. The van der Waals surface area contributed by atoms with Crippen LogP contribution >= 0.6 is 11.6 Å². The summed E-state index contributed by atoms with van der Waals surface area (Å²) >= 11 is 6.03. The van der Waals surface area contributed by atoms with Crippen molar-refractivity contribution in [3.63, 3.8) is 0 Å². The molecular formula is C21H14ClN3O2. The first kappa shape index (κ1) is 17.0. The molecule has 132 valence electrons. The van der Waals surface area contributed by atoms with E-state index in [4.69, 9.17) is 16.7 Å². The smallest absolute Gasteiger partial charge is 0.337 e. The van der Waals surface area contributed by atoms with Gasteiger partial charge >= 0.3 is 5.97 Å². The van der Waals surface area contributed by atoms with E-state index in [1.807, 2.05) is 48.7 Å². The highest BCUT2D eigenvalue weighted by Gasteiger charge is 2.17. The van der Waals surface area contributed by atoms with Crippen molar-refractivity contribution in [2.24, 2.45) is 0 Å². The van der Waals surface area contributed by atoms with Crippen molar-refractivity contribution in [2.45, 2.75) is 0 Å². The van der Waals surface area contributed by atoms with Gasteiger partial charge in [0.25, 0.3) is 0 Å². The standard InChI is InChI=1S/C21H14ClN3O2/c22-19-7-6-15(12-17(19)21(26)27)18-13-25(16-4-2-1-3-5-16)24-20(18)14-8-10-23-11-9-14/h1-13H,(H,26,27). The summed E-state index contributed by atoms with van der Waals surface area (Å²) < 4.78 is 1.78. The lowest BCUT2D eigenvalue weighted by Gasteiger charge is -2.05. The molecule has 2 heterocycles. The average molecular weight is 376 g/mol. The van der Waals surface area contributed by atoms with Gasteiger partial charge in [-0.2, -0.15) is 5.10 Å². The Hall–Kier alpha value is -3.44. The molecule has 0 aliphatic heterocycles. The van der Waals surface area contributed by atoms with Gasteiger partial charge in [-0.05, 0) is 42.0 Å². The molecule has 0 amide bonds. The number of para-hydroxylation sites is 1. The SMILES string of the molecule is O=C(O)c1cc(-c2cn(-c3ccccc3)nc2-c2ccncc2)ccc1Cl. The van der Waals surface area contributed by atoms with Crippen LogP contribution in [0.2, 0.25) is 5.02 Å². The number of nitrogens with zero attached hydrogens (tertiary/aromatic N) is 3. The van der Waals surface area contributed by atoms with E-state index in [0.29, 0.717) is 0 Å². The van der Waals surface area contributed by atoms with Crippen molar-refractivity contribution in [2.75, 3.05) is 0 Å². The Kier molecular flexibility index (Phi) is 4.44. The third kappa shape index (κ3) is 3.32. The van der Waals surface area contributed by atoms with Crippen molar-refractivity contribution in [3.05, 3.63) is 89.8 Å². The minimum Gasteiger partial charge on any atom is -0.478 e. The maximum absolute atomic E-state index is 11.5. The molecule has 0 aliphatic rings. The molecule has 2 aromatic carbocycles. The lowest BCUT2D eigenvalue weighted by atomic mass is 10.0. The number of hydrogen-bond donors (Lipinski definition) is 1. The van der Waals surface area contributed by atoms with Crippen LogP contribution in [0.15, 0.2) is 79.3 Å². The fourth-order valence-electron chi connectivity index (χ4n) is 2.88. The van der Waals surface area contributed by atoms with Gasteiger partial charge in [0.05, 0.1) is 16.3 Å². The van der Waals surface area contributed by atoms with Gasteiger partial charge in [0.1, 0.15) is 5.69 Å². The number of halogens is 1. The molecule has 0 bridgehead atoms. The van der Waals surface area contributed by atoms with Crippen LogP contribution in [0, 0.1) is 0 Å². The van der Waals surface area contributed by atoms with E-state index in [0.717, 1.165) is 28.1 Å². The highest BCUT2D eigenvalue weighted by molar-refractivity contribution is 6.33. The topological polar surface area (TPSA) is 68.0 Å². The lowest BCUT2D eigenvalue weighted by molar-refractivity contribution is 0.0697. The zero-order valence-corrected chi connectivity index (χ0v) is 14.8. The van der Waals surface area contributed by atoms with E-state index in [1.54, 1.807) is 35.3 Å². The van der Waals surface area contributed by atoms with Crippen LogP contribution in [0.5, 0.6) is 0 Å². The van der Waals surface area contributed by atoms with Crippen LogP contribution in [0.3, 0.4) is 0 Å². The first-order valence-corrected chi connectivity index (χ1v) is 8.60. The number of pyridine rings is 1. The molecular weight excluding hydrogens is 362 g/mol. The fourth-order valence-corrected chi connectivity index (χ4v) is 3.08. The number of aromatic carboxylic acids is 1. The number of hydrogen-bond acceptors (Lipinski definition) is 3. The summed E-state index contributed by atoms with van der Waals surface area (Å²) in [6.45, 7) is 0. The third-order valence-corrected chi connectivity index (χ3v) is 4.53. The first-order chi connectivity index (χ1) is 13.1. The van der Waals surface area contributed by atoms with Crippen LogP contribution < -0.4 is 0 Å². The number of carbonyl (C=O) groups is 1. The molecule has 5 nitrogen and oxygen atoms in total. The van der Waals surface area contributed by atoms with Gasteiger partial charge in [-0.25, -0.2) is 9.48 Å². The first-order valence-electron chi connectivity index (χ1n) is 8.22. The van der Waals surface area contributed by atoms with E-state index in [1.165, 1.54) is 0 Å². The van der Waals surface area contributed by atoms with Crippen molar-refractivity contribution in [1.29, 1.82) is 0 Å². The highest BCUT2D eigenvalue weighted by Crippen LogP contribution is 2.33. The Balaban J connectivity index is 1.93. The van der Waals surface area contributed by atoms with E-state index in [-0.39, 0.29) is 10.6 Å². The minimum atomic E-state index is -1.07. The quantitative estimate of drug-likeness (QED) is 0.547. The summed E-state index contributed by atoms with van der Waals surface area (Å²) in [5.74, 6) is -1.07. The molecule has 0 atom stereocenters. The summed E-state index contributed by atoms with van der Waals surface area (Å²) in [6, 6.07) is 18.4. The van der Waals surface area contributed by atoms with Crippen molar-refractivity contribution >= 4 is 17.6 Å². The third-order valence-electron chi connectivity index (χ3n) is 4.20. The van der Waals surface area contributed by atoms with Gasteiger partial charge in [0, 0.05) is 29.7 Å². The molecule has 27 heavy (non-hydrogen) atoms. The van der Waals surface area contributed by atoms with E-state index < -0.39 is 5.97 Å². The van der Waals surface area contributed by atoms with Crippen molar-refractivity contribution in [1.82, 2.24) is 14.8 Å². The fraction of sp³-hybridized carbons (Fsp3) is 0. The molecule has 0 fully saturated rings. The maximum atomic E-state index is 11.5. The van der Waals surface area contributed by atoms with E-state index in [9.17, 15) is 9.90 Å². The molecule has 0 spiro atoms. The van der Waals surface area contributed by atoms with E-state index >= 15 is 0 Å². The molecule has 0 saturated heterocycles. The van der Waals surface area contributed by atoms with Crippen LogP contribution in [-0.2, 0) is 0 Å². The molecule has 0 aliphatic carbocycles. The summed E-state index contributed by atoms with van der Waals surface area (Å²) in [7, 11) is 0. The zero-order chi connectivity index (χ0) is 18.8. The summed E-state index contributed by atoms with van der Waals surface area (Å²) in [5, 5.41) is 14.3. The van der Waals surface area contributed by atoms with Gasteiger partial charge in [0.2, 0.25) is 0 Å². The summed E-state index contributed by atoms with van der Waals surface area (Å²) in [6.07, 6.45) is 5.29. The van der Waals surface area contributed by atoms with Gasteiger partial charge in [-0.3, -0.25) is 4.98 Å². The highest BCUT2D eigenvalue weighted by atomic mass is 35.5. The summed E-state index contributed by atoms with van der Waals surface area (Å²) in [5.41, 5.74) is 4.13. The molecule has 0 saturated carbocycles. The van der Waals surface area contributed by atoms with Gasteiger partial charge < -0.3 is 5.11 Å². The van der Waals surface area contributed by atoms with Gasteiger partial charge in [-0.15, -0.1) is 0 Å². The molecule has 6 heteroatoms. The normalized spacial score (nSPS) is 10.7. The van der Waals surface area contributed by atoms with Crippen LogP contribution in [0.4, 0.5) is 0 Å². The molecule has 2 aromatic heterocycles. The molecule has 0 radical (unpaired) electrons. The number of benzene rings is 2. The number of aromatic nitrogens is 3. The second-order valence-corrected chi connectivity index (χ2v) is 6.31. The van der Waals surface area contributed by atoms with E-state index in [2.05, 4.69) is 4.98 Å². The Morgan fingerprint density at radius 3 is 2.41 bits per heavy atom. The second-order valence-electron chi connectivity index (χ2n) is 5.91. The predicted molar refractivity (Wildman–Crippen MR) is 104 cm³/mol. The Labute approximate surface area is 160 Å². The van der Waals surface area contributed by atoms with Gasteiger partial charge in [0.15, 0.2) is 0 Å². The average Bonchev–Trinajstić information content (AvgIpc) is 3.15. The van der Waals surface area contributed by atoms with Gasteiger partial charge in [-0.1, -0.05) is 35.9 Å². The number of rotatable bonds is 4. The molecule has 1 N–H and O–H groups in total. The Morgan fingerprint density at radius 1 is 0.963 bits per heavy atom. The lowest BCUT2D eigenvalue weighted by Crippen LogP contribution is -1.97. The van der Waals surface area contributed by atoms with Crippen LogP contribution in [-0.4, -0.2) is 25.8 Å². The number of carboxylic acid groups (broad SMARTS) is 1. The van der Waals surface area contributed by atoms with Crippen LogP contribution in [0.1, 0.15) is 10.4 Å². The number of carboxylic acids is 1. The summed E-state index contributed by atoms with van der Waals surface area (Å²) in [4.78, 5) is 15.5. The van der Waals surface area contributed by atoms with Crippen molar-refractivity contribution in [3.8, 4) is 28.1 Å².